The summed E-state index contributed by atoms with van der Waals surface area (Å²) in [5.74, 6) is -1.77. The van der Waals surface area contributed by atoms with E-state index in [4.69, 9.17) is 26.4 Å². The number of benzene rings is 3. The van der Waals surface area contributed by atoms with Crippen molar-refractivity contribution >= 4 is 44.6 Å². The molecule has 0 aliphatic rings. The summed E-state index contributed by atoms with van der Waals surface area (Å²) in [6, 6.07) is 11.1. The number of sulfonamides is 1. The van der Waals surface area contributed by atoms with Crippen LogP contribution in [0.2, 0.25) is 0 Å². The smallest absolute Gasteiger partial charge is 0.269 e. The highest BCUT2D eigenvalue weighted by Crippen LogP contribution is 2.33. The number of thiocarbonyl (C=S) groups is 1. The third-order valence-electron chi connectivity index (χ3n) is 4.84. The Bertz CT molecular complexity index is 1440. The van der Waals surface area contributed by atoms with Crippen LogP contribution in [0.25, 0.3) is 0 Å². The largest absolute Gasteiger partial charge is 0.497 e. The highest BCUT2D eigenvalue weighted by atomic mass is 32.2. The second-order valence-corrected chi connectivity index (χ2v) is 9.25. The first-order valence-electron chi connectivity index (χ1n) is 10.3. The number of amides is 1. The molecule has 0 aliphatic heterocycles. The summed E-state index contributed by atoms with van der Waals surface area (Å²) in [5, 5.41) is 2.26. The number of nitrogens with one attached hydrogen (secondary N) is 4. The van der Waals surface area contributed by atoms with Crippen molar-refractivity contribution in [3.63, 3.8) is 0 Å². The Morgan fingerprint density at radius 1 is 0.838 bits per heavy atom. The summed E-state index contributed by atoms with van der Waals surface area (Å²) in [4.78, 5) is 12.3. The van der Waals surface area contributed by atoms with E-state index < -0.39 is 27.6 Å². The summed E-state index contributed by atoms with van der Waals surface area (Å²) < 4.78 is 71.1. The van der Waals surface area contributed by atoms with E-state index in [1.807, 2.05) is 0 Å². The third kappa shape index (κ3) is 6.74. The Hall–Kier alpha value is -4.17. The zero-order valence-corrected chi connectivity index (χ0v) is 21.4. The van der Waals surface area contributed by atoms with Crippen LogP contribution in [0.5, 0.6) is 17.2 Å². The number of carbonyl (C=O) groups is 1. The molecule has 3 rings (SSSR count). The number of ether oxygens (including phenoxy) is 3. The van der Waals surface area contributed by atoms with Gasteiger partial charge < -0.3 is 19.5 Å². The number of hydrogen-bond acceptors (Lipinski definition) is 7. The van der Waals surface area contributed by atoms with Crippen LogP contribution >= 0.6 is 12.2 Å². The van der Waals surface area contributed by atoms with E-state index in [0.717, 1.165) is 18.2 Å². The summed E-state index contributed by atoms with van der Waals surface area (Å²) in [5.41, 5.74) is 4.57. The lowest BCUT2D eigenvalue weighted by molar-refractivity contribution is 0.0944. The van der Waals surface area contributed by atoms with Gasteiger partial charge in [-0.15, -0.1) is 0 Å². The Labute approximate surface area is 216 Å². The quantitative estimate of drug-likeness (QED) is 0.246. The first kappa shape index (κ1) is 27.4. The number of hydrogen-bond donors (Lipinski definition) is 4. The fourth-order valence-electron chi connectivity index (χ4n) is 3.04. The average molecular weight is 553 g/mol. The highest BCUT2D eigenvalue weighted by molar-refractivity contribution is 7.92. The fourth-order valence-corrected chi connectivity index (χ4v) is 4.47. The molecule has 3 aromatic rings. The number of anilines is 2. The Morgan fingerprint density at radius 3 is 2.19 bits per heavy atom. The van der Waals surface area contributed by atoms with Gasteiger partial charge in [-0.25, -0.2) is 17.2 Å². The molecule has 0 unspecified atom stereocenters. The lowest BCUT2D eigenvalue weighted by Crippen LogP contribution is -2.43. The van der Waals surface area contributed by atoms with Gasteiger partial charge in [-0.3, -0.25) is 20.4 Å². The predicted octanol–water partition coefficient (Wildman–Crippen LogP) is 3.42. The number of carbonyl (C=O) groups excluding carboxylic acids is 1. The Kier molecular flexibility index (Phi) is 8.68. The van der Waals surface area contributed by atoms with Crippen molar-refractivity contribution in [2.24, 2.45) is 0 Å². The van der Waals surface area contributed by atoms with Crippen LogP contribution in [0.1, 0.15) is 10.4 Å². The number of methoxy groups -OCH3 is 3. The molecule has 4 N–H and O–H groups in total. The molecule has 3 aromatic carbocycles. The minimum Gasteiger partial charge on any atom is -0.497 e. The van der Waals surface area contributed by atoms with Gasteiger partial charge in [0.05, 0.1) is 32.7 Å². The number of hydrazine groups is 1. The van der Waals surface area contributed by atoms with Crippen molar-refractivity contribution in [2.75, 3.05) is 31.4 Å². The summed E-state index contributed by atoms with van der Waals surface area (Å²) in [7, 11) is -0.144. The zero-order chi connectivity index (χ0) is 27.2. The van der Waals surface area contributed by atoms with E-state index in [1.54, 1.807) is 6.07 Å². The average Bonchev–Trinajstić information content (AvgIpc) is 2.88. The van der Waals surface area contributed by atoms with Crippen LogP contribution < -0.4 is 35.1 Å². The highest BCUT2D eigenvalue weighted by Gasteiger charge is 2.23. The van der Waals surface area contributed by atoms with Gasteiger partial charge in [0.2, 0.25) is 0 Å². The molecule has 0 heterocycles. The number of rotatable bonds is 8. The Balaban J connectivity index is 1.77. The molecule has 0 atom stereocenters. The van der Waals surface area contributed by atoms with Crippen molar-refractivity contribution in [3.8, 4) is 17.2 Å². The molecule has 10 nitrogen and oxygen atoms in total. The molecule has 0 aliphatic carbocycles. The van der Waals surface area contributed by atoms with Gasteiger partial charge >= 0.3 is 0 Å². The molecule has 14 heteroatoms. The maximum atomic E-state index is 13.8. The molecule has 0 saturated carbocycles. The fraction of sp³-hybridized carbons (Fsp3) is 0.130. The second kappa shape index (κ2) is 11.7. The normalized spacial score (nSPS) is 10.7. The van der Waals surface area contributed by atoms with Gasteiger partial charge in [0.25, 0.3) is 15.9 Å². The number of halogens is 2. The Morgan fingerprint density at radius 2 is 1.54 bits per heavy atom. The topological polar surface area (TPSA) is 127 Å². The van der Waals surface area contributed by atoms with Crippen molar-refractivity contribution in [1.82, 2.24) is 10.9 Å². The molecule has 0 aromatic heterocycles. The van der Waals surface area contributed by atoms with Crippen LogP contribution in [-0.4, -0.2) is 40.8 Å². The third-order valence-corrected chi connectivity index (χ3v) is 6.43. The van der Waals surface area contributed by atoms with Crippen LogP contribution in [0.4, 0.5) is 20.2 Å². The first-order valence-corrected chi connectivity index (χ1v) is 12.2. The molecular weight excluding hydrogens is 530 g/mol. The maximum Gasteiger partial charge on any atom is 0.269 e. The van der Waals surface area contributed by atoms with E-state index in [9.17, 15) is 22.0 Å². The van der Waals surface area contributed by atoms with Crippen molar-refractivity contribution in [3.05, 3.63) is 71.8 Å². The lowest BCUT2D eigenvalue weighted by atomic mass is 10.2. The maximum absolute atomic E-state index is 13.8. The second-order valence-electron chi connectivity index (χ2n) is 7.19. The minimum absolute atomic E-state index is 0.0199. The van der Waals surface area contributed by atoms with E-state index in [1.165, 1.54) is 45.6 Å². The van der Waals surface area contributed by atoms with E-state index in [0.29, 0.717) is 11.8 Å². The van der Waals surface area contributed by atoms with Crippen molar-refractivity contribution in [2.45, 2.75) is 4.90 Å². The van der Waals surface area contributed by atoms with Crippen LogP contribution in [0.15, 0.2) is 59.5 Å². The van der Waals surface area contributed by atoms with E-state index >= 15 is 0 Å². The molecule has 0 saturated heterocycles. The van der Waals surface area contributed by atoms with E-state index in [-0.39, 0.29) is 38.4 Å². The van der Waals surface area contributed by atoms with Gasteiger partial charge in [-0.1, -0.05) is 0 Å². The van der Waals surface area contributed by atoms with Crippen LogP contribution in [-0.2, 0) is 10.0 Å². The minimum atomic E-state index is -4.25. The van der Waals surface area contributed by atoms with Gasteiger partial charge in [0.1, 0.15) is 33.8 Å². The van der Waals surface area contributed by atoms with Gasteiger partial charge in [0, 0.05) is 17.7 Å². The summed E-state index contributed by atoms with van der Waals surface area (Å²) in [6.07, 6.45) is 0. The molecule has 0 spiro atoms. The lowest BCUT2D eigenvalue weighted by Gasteiger charge is -2.16. The molecular formula is C23H22F2N4O6S2. The van der Waals surface area contributed by atoms with Crippen molar-refractivity contribution < 1.29 is 36.2 Å². The molecule has 0 bridgehead atoms. The molecule has 196 valence electrons. The van der Waals surface area contributed by atoms with Gasteiger partial charge in [-0.2, -0.15) is 0 Å². The monoisotopic (exact) mass is 552 g/mol. The predicted molar refractivity (Wildman–Crippen MR) is 137 cm³/mol. The van der Waals surface area contributed by atoms with Crippen molar-refractivity contribution in [1.29, 1.82) is 0 Å². The standard InChI is InChI=1S/C23H22F2N4O6S2/c1-33-15-6-8-18(20(12-15)35-3)29-37(31,32)21-10-13(4-9-19(21)34-2)22(30)27-28-23(36)26-17-7-5-14(24)11-16(17)25/h4-12,29H,1-3H3,(H,27,30)(H2,26,28,36). The van der Waals surface area contributed by atoms with Crippen LogP contribution in [0, 0.1) is 11.6 Å². The summed E-state index contributed by atoms with van der Waals surface area (Å²) in [6.45, 7) is 0. The molecule has 1 amide bonds. The molecule has 0 fully saturated rings. The van der Waals surface area contributed by atoms with Gasteiger partial charge in [0.15, 0.2) is 5.11 Å². The summed E-state index contributed by atoms with van der Waals surface area (Å²) >= 11 is 4.99. The van der Waals surface area contributed by atoms with Gasteiger partial charge in [-0.05, 0) is 54.7 Å². The zero-order valence-electron chi connectivity index (χ0n) is 19.7. The molecule has 37 heavy (non-hydrogen) atoms. The SMILES string of the molecule is COc1ccc(NS(=O)(=O)c2cc(C(=O)NNC(=S)Nc3ccc(F)cc3F)ccc2OC)c(OC)c1. The molecule has 0 radical (unpaired) electrons. The van der Waals surface area contributed by atoms with Crippen LogP contribution in [0.3, 0.4) is 0 Å². The first-order chi connectivity index (χ1) is 17.6. The van der Waals surface area contributed by atoms with E-state index in [2.05, 4.69) is 20.9 Å².